The SMILES string of the molecule is Cc1ccccc1OP(=S)(Oc1ccccc1C)SP(=O)(SP(=S)(Oc1ccccc1C)Oc1ccccc1C)SP(=S)(Oc1ccccc1C)Oc1ccccc1C. The average molecular weight is 975 g/mol. The predicted molar refractivity (Wildman–Crippen MR) is 264 cm³/mol. The highest BCUT2D eigenvalue weighted by atomic mass is 33.7. The summed E-state index contributed by atoms with van der Waals surface area (Å²) in [5.74, 6) is 2.90. The van der Waals surface area contributed by atoms with Gasteiger partial charge in [-0.3, -0.25) is 4.57 Å². The van der Waals surface area contributed by atoms with Crippen molar-refractivity contribution < 1.29 is 31.7 Å². The van der Waals surface area contributed by atoms with Gasteiger partial charge in [0.05, 0.1) is 0 Å². The highest BCUT2D eigenvalue weighted by Crippen LogP contribution is 2.99. The lowest BCUT2D eigenvalue weighted by molar-refractivity contribution is 0.502. The van der Waals surface area contributed by atoms with E-state index in [0.717, 1.165) is 66.4 Å². The first-order valence-electron chi connectivity index (χ1n) is 18.1. The van der Waals surface area contributed by atoms with E-state index in [1.807, 2.05) is 187 Å². The van der Waals surface area contributed by atoms with E-state index in [1.165, 1.54) is 0 Å². The van der Waals surface area contributed by atoms with Gasteiger partial charge in [0.2, 0.25) is 0 Å². The van der Waals surface area contributed by atoms with Crippen LogP contribution in [0.15, 0.2) is 146 Å². The summed E-state index contributed by atoms with van der Waals surface area (Å²) in [6.45, 7) is 11.5. The third-order valence-corrected chi connectivity index (χ3v) is 45.4. The van der Waals surface area contributed by atoms with E-state index in [4.69, 9.17) is 62.6 Å². The van der Waals surface area contributed by atoms with Gasteiger partial charge in [-0.15, -0.1) is 0 Å². The zero-order valence-corrected chi connectivity index (χ0v) is 41.4. The van der Waals surface area contributed by atoms with Crippen molar-refractivity contribution in [2.24, 2.45) is 0 Å². The molecular weight excluding hydrogens is 933 g/mol. The molecular formula is C42H42O7P4S6. The van der Waals surface area contributed by atoms with Crippen molar-refractivity contribution in [3.8, 4) is 34.5 Å². The molecule has 308 valence electrons. The summed E-state index contributed by atoms with van der Waals surface area (Å²) in [4.78, 5) is 0. The summed E-state index contributed by atoms with van der Waals surface area (Å²) in [5.41, 5.74) is -6.23. The molecule has 0 spiro atoms. The van der Waals surface area contributed by atoms with Crippen molar-refractivity contribution in [2.45, 2.75) is 41.5 Å². The number of hydrogen-bond donors (Lipinski definition) is 0. The summed E-state index contributed by atoms with van der Waals surface area (Å²) in [7, 11) is 0. The van der Waals surface area contributed by atoms with E-state index in [2.05, 4.69) is 0 Å². The first-order valence-corrected chi connectivity index (χ1v) is 33.8. The first-order chi connectivity index (χ1) is 28.1. The van der Waals surface area contributed by atoms with Crippen molar-refractivity contribution in [3.63, 3.8) is 0 Å². The average Bonchev–Trinajstić information content (AvgIpc) is 3.17. The van der Waals surface area contributed by atoms with Gasteiger partial charge in [-0.25, -0.2) is 0 Å². The molecule has 0 bridgehead atoms. The van der Waals surface area contributed by atoms with Crippen LogP contribution >= 0.6 is 54.8 Å². The van der Waals surface area contributed by atoms with Crippen molar-refractivity contribution in [2.75, 3.05) is 0 Å². The Morgan fingerprint density at radius 2 is 0.475 bits per heavy atom. The van der Waals surface area contributed by atoms with Crippen molar-refractivity contribution in [1.29, 1.82) is 0 Å². The minimum absolute atomic E-state index is 0.483. The molecule has 0 amide bonds. The molecule has 0 aliphatic rings. The van der Waals surface area contributed by atoms with Crippen LogP contribution in [-0.4, -0.2) is 0 Å². The highest BCUT2D eigenvalue weighted by Gasteiger charge is 2.50. The van der Waals surface area contributed by atoms with Gasteiger partial charge in [-0.2, -0.15) is 0 Å². The Morgan fingerprint density at radius 3 is 0.627 bits per heavy atom. The maximum atomic E-state index is 16.6. The summed E-state index contributed by atoms with van der Waals surface area (Å²) in [5, 5.41) is 0. The molecule has 0 saturated heterocycles. The van der Waals surface area contributed by atoms with Crippen LogP contribution in [0.3, 0.4) is 0 Å². The fourth-order valence-electron chi connectivity index (χ4n) is 5.24. The molecule has 0 atom stereocenters. The largest absolute Gasteiger partial charge is 0.428 e. The van der Waals surface area contributed by atoms with E-state index in [0.29, 0.717) is 34.5 Å². The maximum Gasteiger partial charge on any atom is 0.357 e. The fourth-order valence-corrected chi connectivity index (χ4v) is 62.6. The third-order valence-electron chi connectivity index (χ3n) is 8.42. The lowest BCUT2D eigenvalue weighted by Crippen LogP contribution is -2.02. The number of benzene rings is 6. The number of hydrogen-bond acceptors (Lipinski definition) is 13. The summed E-state index contributed by atoms with van der Waals surface area (Å²) in [6, 6.07) is 44.8. The van der Waals surface area contributed by atoms with Crippen molar-refractivity contribution >= 4 is 90.3 Å². The van der Waals surface area contributed by atoms with Crippen LogP contribution in [0.2, 0.25) is 0 Å². The Balaban J connectivity index is 1.54. The molecule has 59 heavy (non-hydrogen) atoms. The number of aryl methyl sites for hydroxylation is 6. The lowest BCUT2D eigenvalue weighted by atomic mass is 10.2. The van der Waals surface area contributed by atoms with E-state index < -0.39 is 21.8 Å². The van der Waals surface area contributed by atoms with Gasteiger partial charge in [0.1, 0.15) is 34.5 Å². The van der Waals surface area contributed by atoms with Crippen LogP contribution in [-0.2, 0) is 40.0 Å². The maximum absolute atomic E-state index is 16.6. The molecule has 0 fully saturated rings. The molecule has 7 nitrogen and oxygen atoms in total. The van der Waals surface area contributed by atoms with E-state index in [9.17, 15) is 0 Å². The minimum atomic E-state index is -4.16. The Bertz CT molecular complexity index is 2210. The fraction of sp³-hybridized carbons (Fsp3) is 0.143. The molecule has 0 saturated carbocycles. The molecule has 0 radical (unpaired) electrons. The third kappa shape index (κ3) is 12.7. The molecule has 0 aliphatic heterocycles. The Kier molecular flexibility index (Phi) is 15.6. The lowest BCUT2D eigenvalue weighted by Gasteiger charge is -2.32. The second-order valence-corrected chi connectivity index (χ2v) is 41.7. The van der Waals surface area contributed by atoms with Crippen molar-refractivity contribution in [3.05, 3.63) is 179 Å². The zero-order valence-electron chi connectivity index (χ0n) is 33.0. The summed E-state index contributed by atoms with van der Waals surface area (Å²) < 4.78 is 52.8. The van der Waals surface area contributed by atoms with E-state index in [-0.39, 0.29) is 0 Å². The normalized spacial score (nSPS) is 12.0. The number of rotatable bonds is 18. The quantitative estimate of drug-likeness (QED) is 0.0768. The standard InChI is InChI=1S/C42H42O7P4S6/c1-31-19-7-13-25-37(31)44-51(54,45-38-26-14-8-20-32(38)2)57-50(43,58-52(55,46-39-27-15-9-21-33(39)3)47-40-28-16-10-22-34(40)4)59-53(56,48-41-29-17-11-23-35(41)5)49-42-30-18-12-24-36(42)6/h7-30H,1-6H3. The molecule has 6 aromatic carbocycles. The van der Waals surface area contributed by atoms with Gasteiger partial charge >= 0.3 is 17.1 Å². The molecule has 0 aromatic heterocycles. The topological polar surface area (TPSA) is 72.5 Å². The van der Waals surface area contributed by atoms with E-state index in [1.54, 1.807) is 0 Å². The minimum Gasteiger partial charge on any atom is -0.428 e. The molecule has 0 aliphatic carbocycles. The molecule has 17 heteroatoms. The number of para-hydroxylation sites is 6. The Labute approximate surface area is 374 Å². The Hall–Kier alpha value is -2.65. The summed E-state index contributed by atoms with van der Waals surface area (Å²) in [6.07, 6.45) is 0. The highest BCUT2D eigenvalue weighted by molar-refractivity contribution is 9.37. The Morgan fingerprint density at radius 1 is 0.322 bits per heavy atom. The zero-order chi connectivity index (χ0) is 42.3. The summed E-state index contributed by atoms with van der Waals surface area (Å²) >= 11 is 22.0. The molecule has 0 N–H and O–H groups in total. The molecule has 0 heterocycles. The smallest absolute Gasteiger partial charge is 0.357 e. The van der Waals surface area contributed by atoms with Crippen LogP contribution in [0.1, 0.15) is 33.4 Å². The monoisotopic (exact) mass is 974 g/mol. The van der Waals surface area contributed by atoms with Crippen LogP contribution in [0.4, 0.5) is 0 Å². The van der Waals surface area contributed by atoms with Gasteiger partial charge in [0.15, 0.2) is 0 Å². The second-order valence-electron chi connectivity index (χ2n) is 13.2. The van der Waals surface area contributed by atoms with Gasteiger partial charge in [0, 0.05) is 68.4 Å². The van der Waals surface area contributed by atoms with Gasteiger partial charge in [0.25, 0.3) is 4.75 Å². The van der Waals surface area contributed by atoms with Crippen molar-refractivity contribution in [1.82, 2.24) is 0 Å². The first kappa shape index (κ1) is 45.9. The van der Waals surface area contributed by atoms with Gasteiger partial charge in [-0.05, 0) is 111 Å². The van der Waals surface area contributed by atoms with Gasteiger partial charge < -0.3 is 27.1 Å². The van der Waals surface area contributed by atoms with Crippen LogP contribution in [0.5, 0.6) is 34.5 Å². The predicted octanol–water partition coefficient (Wildman–Crippen LogP) is 16.3. The van der Waals surface area contributed by atoms with Crippen LogP contribution < -0.4 is 27.1 Å². The molecule has 6 rings (SSSR count). The van der Waals surface area contributed by atoms with E-state index >= 15 is 4.57 Å². The molecule has 0 unspecified atom stereocenters. The van der Waals surface area contributed by atoms with Gasteiger partial charge in [-0.1, -0.05) is 109 Å². The molecule has 6 aromatic rings. The van der Waals surface area contributed by atoms with Crippen LogP contribution in [0.25, 0.3) is 0 Å². The second kappa shape index (κ2) is 20.0. The van der Waals surface area contributed by atoms with Crippen LogP contribution in [0, 0.1) is 41.5 Å².